The number of nitrogens with zero attached hydrogens (tertiary/aromatic N) is 2. The lowest BCUT2D eigenvalue weighted by Gasteiger charge is -2.06. The van der Waals surface area contributed by atoms with Crippen molar-refractivity contribution in [1.29, 1.82) is 5.26 Å². The molecule has 0 spiro atoms. The van der Waals surface area contributed by atoms with Gasteiger partial charge in [-0.25, -0.2) is 0 Å². The normalized spacial score (nSPS) is 10.1. The fourth-order valence-corrected chi connectivity index (χ4v) is 1.94. The zero-order valence-electron chi connectivity index (χ0n) is 11.0. The van der Waals surface area contributed by atoms with Gasteiger partial charge in [-0.2, -0.15) is 9.65 Å². The second kappa shape index (κ2) is 6.59. The molecule has 2 rings (SSSR count). The van der Waals surface area contributed by atoms with Crippen molar-refractivity contribution in [3.8, 4) is 6.07 Å². The summed E-state index contributed by atoms with van der Waals surface area (Å²) in [6.07, 6.45) is 0. The fourth-order valence-electron chi connectivity index (χ4n) is 1.94. The van der Waals surface area contributed by atoms with Crippen LogP contribution in [0.15, 0.2) is 42.5 Å². The third-order valence-corrected chi connectivity index (χ3v) is 2.96. The number of hydrogen-bond donors (Lipinski definition) is 1. The Balaban J connectivity index is 2.02. The number of halogens is 1. The molecule has 0 fully saturated rings. The van der Waals surface area contributed by atoms with E-state index < -0.39 is 16.4 Å². The molecule has 0 saturated carbocycles. The van der Waals surface area contributed by atoms with E-state index in [1.807, 2.05) is 12.1 Å². The van der Waals surface area contributed by atoms with Gasteiger partial charge in [0.05, 0.1) is 16.6 Å². The lowest BCUT2D eigenvalue weighted by molar-refractivity contribution is -0.387. The Morgan fingerprint density at radius 3 is 2.71 bits per heavy atom. The van der Waals surface area contributed by atoms with E-state index in [2.05, 4.69) is 5.32 Å². The zero-order valence-corrected chi connectivity index (χ0v) is 11.0. The Hall–Kier alpha value is -2.78. The Morgan fingerprint density at radius 1 is 1.24 bits per heavy atom. The monoisotopic (exact) mass is 285 g/mol. The number of hydrogen-bond acceptors (Lipinski definition) is 4. The number of rotatable bonds is 5. The maximum absolute atomic E-state index is 13.8. The Morgan fingerprint density at radius 2 is 2.00 bits per heavy atom. The van der Waals surface area contributed by atoms with Gasteiger partial charge in [-0.15, -0.1) is 0 Å². The summed E-state index contributed by atoms with van der Waals surface area (Å²) in [5.41, 5.74) is 1.15. The minimum absolute atomic E-state index is 0.171. The van der Waals surface area contributed by atoms with Gasteiger partial charge in [-0.05, 0) is 17.7 Å². The lowest BCUT2D eigenvalue weighted by atomic mass is 10.1. The number of benzene rings is 2. The van der Waals surface area contributed by atoms with Crippen LogP contribution in [0, 0.1) is 27.3 Å². The van der Waals surface area contributed by atoms with Crippen LogP contribution in [0.3, 0.4) is 0 Å². The maximum atomic E-state index is 13.8. The minimum atomic E-state index is -0.819. The average molecular weight is 285 g/mol. The number of nitrogens with one attached hydrogen (secondary N) is 1. The molecule has 1 N–H and O–H groups in total. The highest BCUT2D eigenvalue weighted by Gasteiger charge is 2.16. The van der Waals surface area contributed by atoms with Crippen molar-refractivity contribution >= 4 is 5.69 Å². The first-order valence-electron chi connectivity index (χ1n) is 6.23. The predicted molar refractivity (Wildman–Crippen MR) is 74.8 cm³/mol. The van der Waals surface area contributed by atoms with Crippen molar-refractivity contribution < 1.29 is 9.31 Å². The molecule has 0 aromatic heterocycles. The molecular formula is C15H12FN3O2. The number of nitro groups is 1. The molecule has 21 heavy (non-hydrogen) atoms. The molecule has 5 nitrogen and oxygen atoms in total. The molecule has 0 aliphatic heterocycles. The van der Waals surface area contributed by atoms with Gasteiger partial charge in [0.25, 0.3) is 0 Å². The molecule has 2 aromatic carbocycles. The van der Waals surface area contributed by atoms with Crippen molar-refractivity contribution in [3.05, 3.63) is 75.1 Å². The fraction of sp³-hybridized carbons (Fsp3) is 0.133. The average Bonchev–Trinajstić information content (AvgIpc) is 2.49. The van der Waals surface area contributed by atoms with E-state index in [9.17, 15) is 14.5 Å². The van der Waals surface area contributed by atoms with Crippen LogP contribution >= 0.6 is 0 Å². The largest absolute Gasteiger partial charge is 0.309 e. The smallest absolute Gasteiger partial charge is 0.305 e. The molecule has 0 amide bonds. The van der Waals surface area contributed by atoms with Crippen molar-refractivity contribution in [2.24, 2.45) is 0 Å². The van der Waals surface area contributed by atoms with Crippen molar-refractivity contribution in [2.45, 2.75) is 13.1 Å². The molecule has 0 heterocycles. The lowest BCUT2D eigenvalue weighted by Crippen LogP contribution is -2.14. The molecule has 0 aliphatic rings. The molecule has 0 aliphatic carbocycles. The van der Waals surface area contributed by atoms with Gasteiger partial charge in [0.15, 0.2) is 0 Å². The van der Waals surface area contributed by atoms with Crippen LogP contribution < -0.4 is 5.32 Å². The first-order chi connectivity index (χ1) is 10.1. The van der Waals surface area contributed by atoms with Gasteiger partial charge in [-0.1, -0.05) is 24.3 Å². The van der Waals surface area contributed by atoms with Crippen molar-refractivity contribution in [2.75, 3.05) is 0 Å². The van der Waals surface area contributed by atoms with Gasteiger partial charge in [0.2, 0.25) is 5.82 Å². The molecule has 0 unspecified atom stereocenters. The highest BCUT2D eigenvalue weighted by Crippen LogP contribution is 2.20. The van der Waals surface area contributed by atoms with Crippen LogP contribution in [0.2, 0.25) is 0 Å². The molecule has 0 radical (unpaired) electrons. The minimum Gasteiger partial charge on any atom is -0.309 e. The topological polar surface area (TPSA) is 79.0 Å². The number of nitro benzene ring substituents is 1. The van der Waals surface area contributed by atoms with Crippen LogP contribution in [0.5, 0.6) is 0 Å². The summed E-state index contributed by atoms with van der Waals surface area (Å²) in [7, 11) is 0. The third kappa shape index (κ3) is 3.61. The second-order valence-electron chi connectivity index (χ2n) is 4.42. The van der Waals surface area contributed by atoms with Crippen LogP contribution in [-0.2, 0) is 13.1 Å². The van der Waals surface area contributed by atoms with Crippen LogP contribution in [-0.4, -0.2) is 4.92 Å². The van der Waals surface area contributed by atoms with E-state index >= 15 is 0 Å². The van der Waals surface area contributed by atoms with Crippen molar-refractivity contribution in [1.82, 2.24) is 5.32 Å². The van der Waals surface area contributed by atoms with E-state index in [-0.39, 0.29) is 12.1 Å². The van der Waals surface area contributed by atoms with Gasteiger partial charge in [-0.3, -0.25) is 10.1 Å². The Labute approximate surface area is 120 Å². The first kappa shape index (κ1) is 14.6. The Bertz CT molecular complexity index is 710. The highest BCUT2D eigenvalue weighted by molar-refractivity contribution is 5.37. The van der Waals surface area contributed by atoms with Gasteiger partial charge in [0, 0.05) is 24.7 Å². The van der Waals surface area contributed by atoms with E-state index in [1.165, 1.54) is 12.1 Å². The zero-order chi connectivity index (χ0) is 15.2. The van der Waals surface area contributed by atoms with Crippen LogP contribution in [0.25, 0.3) is 0 Å². The SMILES string of the molecule is N#Cc1cccc(CNCc2cccc([N+](=O)[O-])c2F)c1. The van der Waals surface area contributed by atoms with Crippen LogP contribution in [0.1, 0.15) is 16.7 Å². The van der Waals surface area contributed by atoms with Gasteiger partial charge < -0.3 is 5.32 Å². The number of nitriles is 1. The molecule has 106 valence electrons. The maximum Gasteiger partial charge on any atom is 0.305 e. The van der Waals surface area contributed by atoms with E-state index in [1.54, 1.807) is 18.2 Å². The Kier molecular flexibility index (Phi) is 4.59. The van der Waals surface area contributed by atoms with Crippen LogP contribution in [0.4, 0.5) is 10.1 Å². The summed E-state index contributed by atoms with van der Waals surface area (Å²) in [5.74, 6) is -0.819. The summed E-state index contributed by atoms with van der Waals surface area (Å²) in [5, 5.41) is 22.5. The molecule has 2 aromatic rings. The molecule has 0 atom stereocenters. The molecule has 0 bridgehead atoms. The predicted octanol–water partition coefficient (Wildman–Crippen LogP) is 2.90. The second-order valence-corrected chi connectivity index (χ2v) is 4.42. The van der Waals surface area contributed by atoms with E-state index in [4.69, 9.17) is 5.26 Å². The molecular weight excluding hydrogens is 273 g/mol. The molecule has 6 heteroatoms. The van der Waals surface area contributed by atoms with E-state index in [0.717, 1.165) is 11.6 Å². The van der Waals surface area contributed by atoms with Gasteiger partial charge >= 0.3 is 5.69 Å². The van der Waals surface area contributed by atoms with Gasteiger partial charge in [0.1, 0.15) is 0 Å². The summed E-state index contributed by atoms with van der Waals surface area (Å²) >= 11 is 0. The van der Waals surface area contributed by atoms with Crippen molar-refractivity contribution in [3.63, 3.8) is 0 Å². The molecule has 0 saturated heterocycles. The summed E-state index contributed by atoms with van der Waals surface area (Å²) in [6.45, 7) is 0.613. The standard InChI is InChI=1S/C15H12FN3O2/c16-15-13(5-2-6-14(15)19(20)21)10-18-9-12-4-1-3-11(7-12)8-17/h1-7,18H,9-10H2. The summed E-state index contributed by atoms with van der Waals surface area (Å²) < 4.78 is 13.8. The quantitative estimate of drug-likeness (QED) is 0.676. The summed E-state index contributed by atoms with van der Waals surface area (Å²) in [4.78, 5) is 9.91. The van der Waals surface area contributed by atoms with E-state index in [0.29, 0.717) is 12.1 Å². The third-order valence-electron chi connectivity index (χ3n) is 2.96. The highest BCUT2D eigenvalue weighted by atomic mass is 19.1. The summed E-state index contributed by atoms with van der Waals surface area (Å²) in [6, 6.07) is 13.2. The first-order valence-corrected chi connectivity index (χ1v) is 6.23.